The van der Waals surface area contributed by atoms with Crippen LogP contribution in [0.4, 0.5) is 0 Å². The first kappa shape index (κ1) is 16.0. The van der Waals surface area contributed by atoms with Crippen LogP contribution in [0.15, 0.2) is 30.3 Å². The number of carbonyl (C=O) groups excluding carboxylic acids is 1. The topological polar surface area (TPSA) is 63.2 Å². The van der Waals surface area contributed by atoms with Crippen LogP contribution in [-0.4, -0.2) is 49.1 Å². The molecule has 0 aromatic heterocycles. The van der Waals surface area contributed by atoms with E-state index in [9.17, 15) is 4.79 Å². The second-order valence-electron chi connectivity index (χ2n) is 7.00. The number of ether oxygens (including phenoxy) is 5. The first-order valence-electron chi connectivity index (χ1n) is 8.27. The van der Waals surface area contributed by atoms with Crippen molar-refractivity contribution < 1.29 is 28.5 Å². The van der Waals surface area contributed by atoms with E-state index in [2.05, 4.69) is 0 Å². The molecular formula is C18H22O6. The van der Waals surface area contributed by atoms with Gasteiger partial charge < -0.3 is 23.7 Å². The van der Waals surface area contributed by atoms with Gasteiger partial charge in [0, 0.05) is 7.11 Å². The maximum atomic E-state index is 12.4. The van der Waals surface area contributed by atoms with Crippen molar-refractivity contribution in [2.45, 2.75) is 62.7 Å². The van der Waals surface area contributed by atoms with Gasteiger partial charge in [-0.25, -0.2) is 4.79 Å². The summed E-state index contributed by atoms with van der Waals surface area (Å²) in [5.41, 5.74) is -0.162. The molecule has 1 aliphatic carbocycles. The Morgan fingerprint density at radius 1 is 1.17 bits per heavy atom. The zero-order valence-corrected chi connectivity index (χ0v) is 14.1. The van der Waals surface area contributed by atoms with Crippen molar-refractivity contribution in [3.63, 3.8) is 0 Å². The van der Waals surface area contributed by atoms with E-state index in [0.29, 0.717) is 5.56 Å². The van der Waals surface area contributed by atoms with Gasteiger partial charge in [0.2, 0.25) is 0 Å². The Hall–Kier alpha value is -1.47. The highest BCUT2D eigenvalue weighted by Crippen LogP contribution is 2.54. The average Bonchev–Trinajstić information content (AvgIpc) is 3.04. The number of hydrogen-bond acceptors (Lipinski definition) is 6. The summed E-state index contributed by atoms with van der Waals surface area (Å²) >= 11 is 0. The third-order valence-corrected chi connectivity index (χ3v) is 5.05. The molecule has 3 fully saturated rings. The van der Waals surface area contributed by atoms with Gasteiger partial charge in [0.15, 0.2) is 12.1 Å². The van der Waals surface area contributed by atoms with Gasteiger partial charge in [-0.05, 0) is 38.8 Å². The second kappa shape index (κ2) is 5.52. The van der Waals surface area contributed by atoms with Crippen LogP contribution < -0.4 is 0 Å². The third kappa shape index (κ3) is 2.37. The van der Waals surface area contributed by atoms with E-state index >= 15 is 0 Å². The number of carbonyl (C=O) groups is 1. The van der Waals surface area contributed by atoms with Crippen LogP contribution >= 0.6 is 0 Å². The van der Waals surface area contributed by atoms with E-state index in [1.807, 2.05) is 32.0 Å². The largest absolute Gasteiger partial charge is 0.456 e. The molecule has 1 saturated carbocycles. The van der Waals surface area contributed by atoms with Crippen molar-refractivity contribution >= 4 is 5.97 Å². The number of fused-ring (bicyclic) bond motifs is 2. The molecule has 1 spiro atoms. The molecule has 0 amide bonds. The van der Waals surface area contributed by atoms with Gasteiger partial charge in [-0.3, -0.25) is 0 Å². The van der Waals surface area contributed by atoms with Gasteiger partial charge in [0.05, 0.1) is 5.56 Å². The summed E-state index contributed by atoms with van der Waals surface area (Å²) in [5, 5.41) is 0. The normalized spacial score (nSPS) is 39.5. The predicted molar refractivity (Wildman–Crippen MR) is 83.3 cm³/mol. The van der Waals surface area contributed by atoms with E-state index in [4.69, 9.17) is 23.7 Å². The van der Waals surface area contributed by atoms with Gasteiger partial charge in [-0.15, -0.1) is 0 Å². The van der Waals surface area contributed by atoms with Crippen LogP contribution in [0.5, 0.6) is 0 Å². The fourth-order valence-electron chi connectivity index (χ4n) is 3.84. The molecule has 2 heterocycles. The monoisotopic (exact) mass is 334 g/mol. The van der Waals surface area contributed by atoms with E-state index < -0.39 is 17.7 Å². The standard InChI is InChI=1S/C18H22O6/c1-17(2)22-13-14(23-17)18(24-16(13)20-3)10-9-12(18)21-15(19)11-7-5-4-6-8-11/h4-8,12-14,16H,9-10H2,1-3H3/t12-,13-,14?,16?,18+/m0/s1. The summed E-state index contributed by atoms with van der Waals surface area (Å²) in [6, 6.07) is 8.96. The van der Waals surface area contributed by atoms with Crippen molar-refractivity contribution in [3.8, 4) is 0 Å². The Morgan fingerprint density at radius 3 is 2.54 bits per heavy atom. The Balaban J connectivity index is 1.54. The average molecular weight is 334 g/mol. The Bertz CT molecular complexity index is 630. The van der Waals surface area contributed by atoms with Crippen molar-refractivity contribution in [1.82, 2.24) is 0 Å². The summed E-state index contributed by atoms with van der Waals surface area (Å²) in [6.07, 6.45) is -0.0178. The van der Waals surface area contributed by atoms with E-state index in [0.717, 1.165) is 12.8 Å². The molecule has 2 saturated heterocycles. The van der Waals surface area contributed by atoms with Gasteiger partial charge in [-0.1, -0.05) is 18.2 Å². The summed E-state index contributed by atoms with van der Waals surface area (Å²) in [4.78, 5) is 12.4. The minimum Gasteiger partial charge on any atom is -0.456 e. The highest BCUT2D eigenvalue weighted by Gasteiger charge is 2.70. The van der Waals surface area contributed by atoms with Gasteiger partial charge >= 0.3 is 5.97 Å². The molecule has 0 N–H and O–H groups in total. The van der Waals surface area contributed by atoms with Gasteiger partial charge in [0.1, 0.15) is 23.9 Å². The van der Waals surface area contributed by atoms with Gasteiger partial charge in [0.25, 0.3) is 0 Å². The highest BCUT2D eigenvalue weighted by atomic mass is 16.8. The van der Waals surface area contributed by atoms with Crippen molar-refractivity contribution in [3.05, 3.63) is 35.9 Å². The van der Waals surface area contributed by atoms with Crippen LogP contribution in [-0.2, 0) is 23.7 Å². The molecular weight excluding hydrogens is 312 g/mol. The molecule has 4 rings (SSSR count). The molecule has 1 aromatic carbocycles. The quantitative estimate of drug-likeness (QED) is 0.790. The number of methoxy groups -OCH3 is 1. The summed E-state index contributed by atoms with van der Waals surface area (Å²) in [6.45, 7) is 3.74. The molecule has 1 aromatic rings. The first-order chi connectivity index (χ1) is 11.5. The Labute approximate surface area is 141 Å². The molecule has 0 bridgehead atoms. The molecule has 2 unspecified atom stereocenters. The smallest absolute Gasteiger partial charge is 0.338 e. The van der Waals surface area contributed by atoms with Crippen LogP contribution in [0.25, 0.3) is 0 Å². The van der Waals surface area contributed by atoms with E-state index in [-0.39, 0.29) is 24.3 Å². The maximum Gasteiger partial charge on any atom is 0.338 e. The SMILES string of the molecule is COC1O[C@@]2(CC[C@@H]2OC(=O)c2ccccc2)C2OC(C)(C)O[C@H]12. The van der Waals surface area contributed by atoms with Crippen LogP contribution in [0.2, 0.25) is 0 Å². The third-order valence-electron chi connectivity index (χ3n) is 5.05. The fraction of sp³-hybridized carbons (Fsp3) is 0.611. The summed E-state index contributed by atoms with van der Waals surface area (Å²) in [7, 11) is 1.58. The first-order valence-corrected chi connectivity index (χ1v) is 8.27. The second-order valence-corrected chi connectivity index (χ2v) is 7.00. The summed E-state index contributed by atoms with van der Waals surface area (Å²) in [5.74, 6) is -1.05. The Kier molecular flexibility index (Phi) is 3.69. The lowest BCUT2D eigenvalue weighted by Gasteiger charge is -2.47. The predicted octanol–water partition coefficient (Wildman–Crippen LogP) is 2.27. The Morgan fingerprint density at radius 2 is 1.92 bits per heavy atom. The number of rotatable bonds is 3. The minimum atomic E-state index is -0.702. The lowest BCUT2D eigenvalue weighted by molar-refractivity contribution is -0.288. The molecule has 2 aliphatic heterocycles. The van der Waals surface area contributed by atoms with Crippen molar-refractivity contribution in [2.24, 2.45) is 0 Å². The number of hydrogen-bond donors (Lipinski definition) is 0. The molecule has 3 aliphatic rings. The fourth-order valence-corrected chi connectivity index (χ4v) is 3.84. The molecule has 5 atom stereocenters. The molecule has 130 valence electrons. The van der Waals surface area contributed by atoms with Gasteiger partial charge in [-0.2, -0.15) is 0 Å². The van der Waals surface area contributed by atoms with Crippen LogP contribution in [0.3, 0.4) is 0 Å². The molecule has 24 heavy (non-hydrogen) atoms. The highest BCUT2D eigenvalue weighted by molar-refractivity contribution is 5.89. The maximum absolute atomic E-state index is 12.4. The molecule has 6 heteroatoms. The minimum absolute atomic E-state index is 0.306. The lowest BCUT2D eigenvalue weighted by Crippen LogP contribution is -2.61. The molecule has 0 radical (unpaired) electrons. The van der Waals surface area contributed by atoms with Crippen molar-refractivity contribution in [2.75, 3.05) is 7.11 Å². The van der Waals surface area contributed by atoms with E-state index in [1.54, 1.807) is 19.2 Å². The van der Waals surface area contributed by atoms with Crippen molar-refractivity contribution in [1.29, 1.82) is 0 Å². The molecule has 6 nitrogen and oxygen atoms in total. The summed E-state index contributed by atoms with van der Waals surface area (Å²) < 4.78 is 29.2. The van der Waals surface area contributed by atoms with Crippen LogP contribution in [0, 0.1) is 0 Å². The van der Waals surface area contributed by atoms with E-state index in [1.165, 1.54) is 0 Å². The lowest BCUT2D eigenvalue weighted by atomic mass is 9.72. The van der Waals surface area contributed by atoms with Crippen LogP contribution in [0.1, 0.15) is 37.0 Å². The zero-order chi connectivity index (χ0) is 16.9. The number of esters is 1. The number of benzene rings is 1. The zero-order valence-electron chi connectivity index (χ0n) is 14.1.